The first kappa shape index (κ1) is 23.3. The zero-order valence-corrected chi connectivity index (χ0v) is 18.1. The van der Waals surface area contributed by atoms with Crippen LogP contribution in [0.2, 0.25) is 0 Å². The van der Waals surface area contributed by atoms with Crippen molar-refractivity contribution in [1.82, 2.24) is 4.90 Å². The SMILES string of the molecule is I.NC(=NCC1CCN(CC(F)(F)F)C1)Nc1cccc(Oc2ccccc2)c1. The van der Waals surface area contributed by atoms with Gasteiger partial charge in [-0.25, -0.2) is 0 Å². The van der Waals surface area contributed by atoms with Crippen LogP contribution in [0, 0.1) is 5.92 Å². The summed E-state index contributed by atoms with van der Waals surface area (Å²) in [6.45, 7) is 0.352. The third kappa shape index (κ3) is 8.09. The molecule has 0 radical (unpaired) electrons. The number of benzene rings is 2. The third-order valence-corrected chi connectivity index (χ3v) is 4.38. The fourth-order valence-electron chi connectivity index (χ4n) is 3.14. The molecule has 0 saturated carbocycles. The molecule has 1 atom stereocenters. The number of anilines is 1. The van der Waals surface area contributed by atoms with Gasteiger partial charge in [-0.05, 0) is 43.1 Å². The number of para-hydroxylation sites is 1. The lowest BCUT2D eigenvalue weighted by molar-refractivity contribution is -0.143. The summed E-state index contributed by atoms with van der Waals surface area (Å²) in [5.41, 5.74) is 6.65. The van der Waals surface area contributed by atoms with E-state index in [1.807, 2.05) is 48.5 Å². The molecule has 1 aliphatic heterocycles. The van der Waals surface area contributed by atoms with E-state index in [0.29, 0.717) is 31.8 Å². The Morgan fingerprint density at radius 2 is 1.86 bits per heavy atom. The predicted octanol–water partition coefficient (Wildman–Crippen LogP) is 4.71. The monoisotopic (exact) mass is 520 g/mol. The first-order valence-corrected chi connectivity index (χ1v) is 9.06. The second-order valence-electron chi connectivity index (χ2n) is 6.80. The van der Waals surface area contributed by atoms with E-state index in [4.69, 9.17) is 10.5 Å². The van der Waals surface area contributed by atoms with E-state index in [1.165, 1.54) is 4.90 Å². The van der Waals surface area contributed by atoms with Crippen LogP contribution in [0.15, 0.2) is 59.6 Å². The lowest BCUT2D eigenvalue weighted by Gasteiger charge is -2.17. The van der Waals surface area contributed by atoms with Crippen molar-refractivity contribution in [3.63, 3.8) is 0 Å². The molecule has 2 aromatic carbocycles. The Labute approximate surface area is 185 Å². The molecule has 1 aliphatic rings. The fourth-order valence-corrected chi connectivity index (χ4v) is 3.14. The quantitative estimate of drug-likeness (QED) is 0.329. The van der Waals surface area contributed by atoms with E-state index in [9.17, 15) is 13.2 Å². The van der Waals surface area contributed by atoms with Gasteiger partial charge >= 0.3 is 6.18 Å². The van der Waals surface area contributed by atoms with Gasteiger partial charge in [0.05, 0.1) is 6.54 Å². The zero-order valence-electron chi connectivity index (χ0n) is 15.7. The van der Waals surface area contributed by atoms with Gasteiger partial charge in [-0.1, -0.05) is 24.3 Å². The number of ether oxygens (including phenoxy) is 1. The Morgan fingerprint density at radius 1 is 1.14 bits per heavy atom. The van der Waals surface area contributed by atoms with E-state index in [-0.39, 0.29) is 35.9 Å². The molecule has 0 bridgehead atoms. The number of rotatable bonds is 6. The molecule has 2 aromatic rings. The second kappa shape index (κ2) is 10.7. The first-order valence-electron chi connectivity index (χ1n) is 9.06. The Hall–Kier alpha value is -2.01. The van der Waals surface area contributed by atoms with Crippen molar-refractivity contribution in [3.8, 4) is 11.5 Å². The summed E-state index contributed by atoms with van der Waals surface area (Å²) in [5.74, 6) is 1.69. The van der Waals surface area contributed by atoms with Crippen LogP contribution in [0.3, 0.4) is 0 Å². The fraction of sp³-hybridized carbons (Fsp3) is 0.350. The van der Waals surface area contributed by atoms with Crippen LogP contribution in [0.4, 0.5) is 18.9 Å². The molecule has 9 heteroatoms. The van der Waals surface area contributed by atoms with Crippen molar-refractivity contribution in [2.75, 3.05) is 31.5 Å². The highest BCUT2D eigenvalue weighted by molar-refractivity contribution is 14.0. The van der Waals surface area contributed by atoms with Gasteiger partial charge in [-0.15, -0.1) is 24.0 Å². The summed E-state index contributed by atoms with van der Waals surface area (Å²) >= 11 is 0. The van der Waals surface area contributed by atoms with Crippen molar-refractivity contribution in [3.05, 3.63) is 54.6 Å². The number of halogens is 4. The van der Waals surface area contributed by atoms with Gasteiger partial charge in [0, 0.05) is 24.8 Å². The van der Waals surface area contributed by atoms with Crippen molar-refractivity contribution < 1.29 is 17.9 Å². The highest BCUT2D eigenvalue weighted by Crippen LogP contribution is 2.24. The summed E-state index contributed by atoms with van der Waals surface area (Å²) in [6.07, 6.45) is -3.47. The minimum atomic E-state index is -4.16. The Balaban J connectivity index is 0.00000300. The van der Waals surface area contributed by atoms with Crippen LogP contribution in [0.1, 0.15) is 6.42 Å². The van der Waals surface area contributed by atoms with Crippen molar-refractivity contribution in [1.29, 1.82) is 0 Å². The van der Waals surface area contributed by atoms with Gasteiger partial charge in [0.15, 0.2) is 5.96 Å². The molecule has 1 heterocycles. The first-order chi connectivity index (χ1) is 13.4. The molecule has 29 heavy (non-hydrogen) atoms. The largest absolute Gasteiger partial charge is 0.457 e. The second-order valence-corrected chi connectivity index (χ2v) is 6.80. The molecule has 0 aromatic heterocycles. The molecule has 1 saturated heterocycles. The molecule has 3 rings (SSSR count). The average molecular weight is 520 g/mol. The molecular formula is C20H24F3IN4O. The maximum Gasteiger partial charge on any atom is 0.401 e. The minimum Gasteiger partial charge on any atom is -0.457 e. The lowest BCUT2D eigenvalue weighted by Crippen LogP contribution is -2.32. The number of nitrogens with two attached hydrogens (primary N) is 1. The van der Waals surface area contributed by atoms with Crippen molar-refractivity contribution in [2.24, 2.45) is 16.6 Å². The van der Waals surface area contributed by atoms with E-state index >= 15 is 0 Å². The van der Waals surface area contributed by atoms with E-state index < -0.39 is 12.7 Å². The number of nitrogens with zero attached hydrogens (tertiary/aromatic N) is 2. The van der Waals surface area contributed by atoms with Crippen LogP contribution in [-0.4, -0.2) is 43.2 Å². The summed E-state index contributed by atoms with van der Waals surface area (Å²) in [4.78, 5) is 5.69. The highest BCUT2D eigenvalue weighted by Gasteiger charge is 2.34. The third-order valence-electron chi connectivity index (χ3n) is 4.38. The number of hydrogen-bond donors (Lipinski definition) is 2. The lowest BCUT2D eigenvalue weighted by atomic mass is 10.1. The van der Waals surface area contributed by atoms with Crippen molar-refractivity contribution >= 4 is 35.6 Å². The summed E-state index contributed by atoms with van der Waals surface area (Å²) in [7, 11) is 0. The van der Waals surface area contributed by atoms with E-state index in [2.05, 4.69) is 10.3 Å². The normalized spacial score (nSPS) is 17.6. The highest BCUT2D eigenvalue weighted by atomic mass is 127. The smallest absolute Gasteiger partial charge is 0.401 e. The van der Waals surface area contributed by atoms with Gasteiger partial charge < -0.3 is 15.8 Å². The number of aliphatic imine (C=N–C) groups is 1. The number of hydrogen-bond acceptors (Lipinski definition) is 3. The van der Waals surface area contributed by atoms with E-state index in [0.717, 1.165) is 11.4 Å². The van der Waals surface area contributed by atoms with Gasteiger partial charge in [-0.2, -0.15) is 13.2 Å². The molecule has 5 nitrogen and oxygen atoms in total. The van der Waals surface area contributed by atoms with Crippen LogP contribution in [0.5, 0.6) is 11.5 Å². The standard InChI is InChI=1S/C20H23F3N4O.HI/c21-20(22,23)14-27-10-9-15(13-27)12-25-19(24)26-16-5-4-8-18(11-16)28-17-6-2-1-3-7-17;/h1-8,11,15H,9-10,12-14H2,(H3,24,25,26);1H. The molecule has 0 spiro atoms. The van der Waals surface area contributed by atoms with Crippen LogP contribution in [0.25, 0.3) is 0 Å². The average Bonchev–Trinajstić information content (AvgIpc) is 3.07. The number of guanidine groups is 1. The van der Waals surface area contributed by atoms with Gasteiger partial charge in [-0.3, -0.25) is 9.89 Å². The topological polar surface area (TPSA) is 62.9 Å². The molecular weight excluding hydrogens is 496 g/mol. The molecule has 0 amide bonds. The zero-order chi connectivity index (χ0) is 20.0. The predicted molar refractivity (Wildman–Crippen MR) is 119 cm³/mol. The van der Waals surface area contributed by atoms with Gasteiger partial charge in [0.2, 0.25) is 0 Å². The Kier molecular flexibility index (Phi) is 8.57. The van der Waals surface area contributed by atoms with Gasteiger partial charge in [0.25, 0.3) is 0 Å². The van der Waals surface area contributed by atoms with Gasteiger partial charge in [0.1, 0.15) is 11.5 Å². The summed E-state index contributed by atoms with van der Waals surface area (Å²) in [6, 6.07) is 16.7. The maximum absolute atomic E-state index is 12.5. The number of nitrogens with one attached hydrogen (secondary N) is 1. The van der Waals surface area contributed by atoms with E-state index in [1.54, 1.807) is 6.07 Å². The molecule has 0 aliphatic carbocycles. The van der Waals surface area contributed by atoms with Crippen LogP contribution in [-0.2, 0) is 0 Å². The maximum atomic E-state index is 12.5. The molecule has 1 fully saturated rings. The number of likely N-dealkylation sites (tertiary alicyclic amines) is 1. The minimum absolute atomic E-state index is 0. The number of alkyl halides is 3. The Morgan fingerprint density at radius 3 is 2.59 bits per heavy atom. The molecule has 1 unspecified atom stereocenters. The molecule has 158 valence electrons. The van der Waals surface area contributed by atoms with Crippen LogP contribution >= 0.6 is 24.0 Å². The van der Waals surface area contributed by atoms with Crippen LogP contribution < -0.4 is 15.8 Å². The Bertz CT molecular complexity index is 802. The molecule has 3 N–H and O–H groups in total. The van der Waals surface area contributed by atoms with Crippen molar-refractivity contribution in [2.45, 2.75) is 12.6 Å². The summed E-state index contributed by atoms with van der Waals surface area (Å²) < 4.78 is 43.1. The summed E-state index contributed by atoms with van der Waals surface area (Å²) in [5, 5.41) is 3.00.